The van der Waals surface area contributed by atoms with E-state index in [4.69, 9.17) is 14.2 Å². The van der Waals surface area contributed by atoms with Crippen LogP contribution in [0.3, 0.4) is 0 Å². The monoisotopic (exact) mass is 523 g/mol. The number of imide groups is 1. The van der Waals surface area contributed by atoms with E-state index in [0.29, 0.717) is 17.7 Å². The topological polar surface area (TPSA) is 90.9 Å². The van der Waals surface area contributed by atoms with Crippen LogP contribution in [0, 0.1) is 5.92 Å². The predicted molar refractivity (Wildman–Crippen MR) is 124 cm³/mol. The summed E-state index contributed by atoms with van der Waals surface area (Å²) in [6.07, 6.45) is -4.27. The molecule has 0 bridgehead atoms. The standard InChI is InChI=1S/C25H24F3NO6S/c1-14(35-23(31)17-4-5-17)34-20(16-6-8-18(9-7-16)25(26,27)28)13-33-19-10-2-15(3-11-19)12-21-22(30)29-24(32)36-21/h2-3,6-11,14,17,20-21H,4-5,12-13H2,1H3,(H,29,30,32)/t14-,20?,21?/m0/s1. The number of ether oxygens (including phenoxy) is 3. The molecule has 0 radical (unpaired) electrons. The van der Waals surface area contributed by atoms with Crippen LogP contribution in [0.15, 0.2) is 48.5 Å². The van der Waals surface area contributed by atoms with Gasteiger partial charge in [-0.1, -0.05) is 36.0 Å². The number of thioether (sulfide) groups is 1. The molecule has 11 heteroatoms. The van der Waals surface area contributed by atoms with Crippen LogP contribution >= 0.6 is 11.8 Å². The minimum Gasteiger partial charge on any atom is -0.491 e. The zero-order chi connectivity index (χ0) is 25.9. The molecule has 1 saturated heterocycles. The Labute approximate surface area is 209 Å². The first-order chi connectivity index (χ1) is 17.1. The summed E-state index contributed by atoms with van der Waals surface area (Å²) in [6, 6.07) is 11.4. The fourth-order valence-electron chi connectivity index (χ4n) is 3.57. The molecule has 36 heavy (non-hydrogen) atoms. The fraction of sp³-hybridized carbons (Fsp3) is 0.400. The minimum absolute atomic E-state index is 0.0502. The SMILES string of the molecule is C[C@H](OC(=O)C1CC1)OC(COc1ccc(CC2SC(=O)NC2=O)cc1)c1ccc(C(F)(F)F)cc1. The Morgan fingerprint density at radius 2 is 1.75 bits per heavy atom. The highest BCUT2D eigenvalue weighted by Gasteiger charge is 2.34. The van der Waals surface area contributed by atoms with Crippen molar-refractivity contribution in [2.24, 2.45) is 5.92 Å². The largest absolute Gasteiger partial charge is 0.491 e. The molecular formula is C25H24F3NO6S. The van der Waals surface area contributed by atoms with E-state index in [0.717, 1.165) is 42.3 Å². The number of halogens is 3. The van der Waals surface area contributed by atoms with Gasteiger partial charge >= 0.3 is 12.1 Å². The lowest BCUT2D eigenvalue weighted by molar-refractivity contribution is -0.190. The van der Waals surface area contributed by atoms with Crippen LogP contribution in [0.2, 0.25) is 0 Å². The van der Waals surface area contributed by atoms with E-state index in [1.807, 2.05) is 0 Å². The van der Waals surface area contributed by atoms with Crippen LogP contribution in [0.25, 0.3) is 0 Å². The highest BCUT2D eigenvalue weighted by molar-refractivity contribution is 8.15. The number of carbonyl (C=O) groups excluding carboxylic acids is 3. The van der Waals surface area contributed by atoms with E-state index in [-0.39, 0.29) is 29.6 Å². The summed E-state index contributed by atoms with van der Waals surface area (Å²) in [5.74, 6) is -0.331. The summed E-state index contributed by atoms with van der Waals surface area (Å²) >= 11 is 0.949. The molecule has 2 unspecified atom stereocenters. The van der Waals surface area contributed by atoms with Crippen LogP contribution in [0.4, 0.5) is 18.0 Å². The summed E-state index contributed by atoms with van der Waals surface area (Å²) in [6.45, 7) is 1.50. The summed E-state index contributed by atoms with van der Waals surface area (Å²) in [4.78, 5) is 35.0. The Hall–Kier alpha value is -3.05. The number of carbonyl (C=O) groups is 3. The molecule has 7 nitrogen and oxygen atoms in total. The van der Waals surface area contributed by atoms with Gasteiger partial charge < -0.3 is 14.2 Å². The molecule has 1 heterocycles. The molecule has 2 aliphatic rings. The smallest absolute Gasteiger partial charge is 0.416 e. The third-order valence-corrected chi connectivity index (χ3v) is 6.65. The quantitative estimate of drug-likeness (QED) is 0.345. The van der Waals surface area contributed by atoms with Gasteiger partial charge in [-0.15, -0.1) is 0 Å². The second kappa shape index (κ2) is 10.9. The van der Waals surface area contributed by atoms with Crippen LogP contribution in [-0.4, -0.2) is 35.3 Å². The Morgan fingerprint density at radius 1 is 1.08 bits per heavy atom. The Bertz CT molecular complexity index is 1100. The second-order valence-corrected chi connectivity index (χ2v) is 9.74. The Morgan fingerprint density at radius 3 is 2.31 bits per heavy atom. The zero-order valence-electron chi connectivity index (χ0n) is 19.2. The van der Waals surface area contributed by atoms with Crippen LogP contribution < -0.4 is 10.1 Å². The van der Waals surface area contributed by atoms with E-state index in [2.05, 4.69) is 5.32 Å². The van der Waals surface area contributed by atoms with Gasteiger partial charge in [0.2, 0.25) is 12.2 Å². The minimum atomic E-state index is -4.47. The molecule has 1 N–H and O–H groups in total. The van der Waals surface area contributed by atoms with Gasteiger partial charge in [-0.2, -0.15) is 13.2 Å². The number of hydrogen-bond donors (Lipinski definition) is 1. The van der Waals surface area contributed by atoms with E-state index in [1.165, 1.54) is 12.1 Å². The van der Waals surface area contributed by atoms with Crippen LogP contribution in [-0.2, 0) is 31.7 Å². The molecule has 3 atom stereocenters. The highest BCUT2D eigenvalue weighted by Crippen LogP contribution is 2.33. The first-order valence-electron chi connectivity index (χ1n) is 11.3. The number of esters is 1. The lowest BCUT2D eigenvalue weighted by Gasteiger charge is -2.23. The molecule has 1 aliphatic carbocycles. The van der Waals surface area contributed by atoms with Crippen molar-refractivity contribution >= 4 is 28.9 Å². The van der Waals surface area contributed by atoms with E-state index < -0.39 is 29.4 Å². The normalized spacial score (nSPS) is 19.5. The summed E-state index contributed by atoms with van der Waals surface area (Å²) in [5, 5.41) is 1.40. The molecule has 0 aromatic heterocycles. The number of rotatable bonds is 10. The average Bonchev–Trinajstić information content (AvgIpc) is 3.62. The molecule has 2 aromatic carbocycles. The third kappa shape index (κ3) is 7.01. The average molecular weight is 524 g/mol. The Balaban J connectivity index is 1.40. The lowest BCUT2D eigenvalue weighted by Crippen LogP contribution is -2.25. The van der Waals surface area contributed by atoms with Crippen LogP contribution in [0.5, 0.6) is 5.75 Å². The molecule has 2 amide bonds. The second-order valence-electron chi connectivity index (χ2n) is 8.57. The summed E-state index contributed by atoms with van der Waals surface area (Å²) in [5.41, 5.74) is 0.481. The summed E-state index contributed by atoms with van der Waals surface area (Å²) in [7, 11) is 0. The molecular weight excluding hydrogens is 499 g/mol. The van der Waals surface area contributed by atoms with E-state index in [9.17, 15) is 27.6 Å². The number of alkyl halides is 3. The Kier molecular flexibility index (Phi) is 7.89. The van der Waals surface area contributed by atoms with Gasteiger partial charge in [-0.25, -0.2) is 0 Å². The lowest BCUT2D eigenvalue weighted by atomic mass is 10.1. The van der Waals surface area contributed by atoms with E-state index in [1.54, 1.807) is 31.2 Å². The molecule has 4 rings (SSSR count). The van der Waals surface area contributed by atoms with Gasteiger partial charge in [-0.05, 0) is 61.6 Å². The maximum Gasteiger partial charge on any atom is 0.416 e. The third-order valence-electron chi connectivity index (χ3n) is 5.67. The maximum absolute atomic E-state index is 13.0. The summed E-state index contributed by atoms with van der Waals surface area (Å²) < 4.78 is 55.9. The number of hydrogen-bond acceptors (Lipinski definition) is 7. The molecule has 1 saturated carbocycles. The maximum atomic E-state index is 13.0. The van der Waals surface area contributed by atoms with Gasteiger partial charge in [0.15, 0.2) is 0 Å². The highest BCUT2D eigenvalue weighted by atomic mass is 32.2. The molecule has 192 valence electrons. The fourth-order valence-corrected chi connectivity index (χ4v) is 4.43. The zero-order valence-corrected chi connectivity index (χ0v) is 20.1. The number of benzene rings is 2. The van der Waals surface area contributed by atoms with Gasteiger partial charge in [0.25, 0.3) is 5.24 Å². The van der Waals surface area contributed by atoms with Gasteiger partial charge in [-0.3, -0.25) is 19.7 Å². The van der Waals surface area contributed by atoms with Crippen molar-refractivity contribution in [3.05, 3.63) is 65.2 Å². The van der Waals surface area contributed by atoms with Crippen molar-refractivity contribution < 1.29 is 41.8 Å². The van der Waals surface area contributed by atoms with E-state index >= 15 is 0 Å². The van der Waals surface area contributed by atoms with Crippen molar-refractivity contribution in [2.45, 2.75) is 50.0 Å². The van der Waals surface area contributed by atoms with Crippen LogP contribution in [0.1, 0.15) is 42.6 Å². The molecule has 2 fully saturated rings. The van der Waals surface area contributed by atoms with Crippen molar-refractivity contribution in [1.29, 1.82) is 0 Å². The molecule has 0 spiro atoms. The number of nitrogens with one attached hydrogen (secondary N) is 1. The van der Waals surface area contributed by atoms with Gasteiger partial charge in [0, 0.05) is 0 Å². The van der Waals surface area contributed by atoms with Gasteiger partial charge in [0.05, 0.1) is 16.7 Å². The first kappa shape index (κ1) is 26.0. The van der Waals surface area contributed by atoms with Gasteiger partial charge in [0.1, 0.15) is 18.5 Å². The first-order valence-corrected chi connectivity index (χ1v) is 12.2. The number of amides is 2. The predicted octanol–water partition coefficient (Wildman–Crippen LogP) is 5.04. The van der Waals surface area contributed by atoms with Crippen molar-refractivity contribution in [1.82, 2.24) is 5.32 Å². The van der Waals surface area contributed by atoms with Crippen molar-refractivity contribution in [2.75, 3.05) is 6.61 Å². The van der Waals surface area contributed by atoms with Crippen molar-refractivity contribution in [3.8, 4) is 5.75 Å². The van der Waals surface area contributed by atoms with Crippen molar-refractivity contribution in [3.63, 3.8) is 0 Å². The molecule has 1 aliphatic heterocycles. The molecule has 2 aromatic rings.